The second-order valence-electron chi connectivity index (χ2n) is 10.6. The Morgan fingerprint density at radius 2 is 2.15 bits per heavy atom. The van der Waals surface area contributed by atoms with E-state index in [0.29, 0.717) is 40.7 Å². The number of carbonyl (C=O) groups excluding carboxylic acids is 1. The maximum atomic E-state index is 13.9. The van der Waals surface area contributed by atoms with E-state index < -0.39 is 17.2 Å². The molecule has 1 saturated heterocycles. The summed E-state index contributed by atoms with van der Waals surface area (Å²) in [4.78, 5) is 15.5. The number of alkyl halides is 3. The topological polar surface area (TPSA) is 68.5 Å². The quantitative estimate of drug-likeness (QED) is 0.511. The lowest BCUT2D eigenvalue weighted by Gasteiger charge is -2.39. The smallest absolute Gasteiger partial charge is 0.422 e. The summed E-state index contributed by atoms with van der Waals surface area (Å²) in [6.07, 6.45) is 0.665. The highest BCUT2D eigenvalue weighted by atomic mass is 19.4. The van der Waals surface area contributed by atoms with Crippen LogP contribution in [0.5, 0.6) is 0 Å². The molecule has 6 nitrogen and oxygen atoms in total. The number of pyridine rings is 1. The Morgan fingerprint density at radius 3 is 2.82 bits per heavy atom. The molecule has 1 aliphatic carbocycles. The van der Waals surface area contributed by atoms with Gasteiger partial charge in [0.15, 0.2) is 11.9 Å². The molecule has 0 spiro atoms. The standard InChI is InChI=1S/C25H36F3N3O3/c1-4-17-15-34-10-7-21(17)29-20-5-8-24(12-20,16(2)3)23(32)30-9-6-22-18(13-30)11-19(14-31(22)33)25(26,27)28/h11,14,16-17,20-21,29H,4-10,12-13,15H2,1-3H3/t17-,20+,21+,24-/m0/s1. The number of amides is 1. The monoisotopic (exact) mass is 483 g/mol. The summed E-state index contributed by atoms with van der Waals surface area (Å²) in [5.41, 5.74) is -0.895. The van der Waals surface area contributed by atoms with Crippen LogP contribution in [0.3, 0.4) is 0 Å². The van der Waals surface area contributed by atoms with Crippen LogP contribution < -0.4 is 10.0 Å². The summed E-state index contributed by atoms with van der Waals surface area (Å²) in [6.45, 7) is 8.22. The highest BCUT2D eigenvalue weighted by Gasteiger charge is 2.50. The Morgan fingerprint density at radius 1 is 1.38 bits per heavy atom. The second-order valence-corrected chi connectivity index (χ2v) is 10.6. The minimum atomic E-state index is -4.60. The molecular formula is C25H36F3N3O3. The van der Waals surface area contributed by atoms with Crippen LogP contribution in [0, 0.1) is 22.5 Å². The van der Waals surface area contributed by atoms with Gasteiger partial charge in [0.05, 0.1) is 25.0 Å². The van der Waals surface area contributed by atoms with E-state index in [9.17, 15) is 23.2 Å². The molecule has 0 unspecified atom stereocenters. The number of nitrogens with one attached hydrogen (secondary N) is 1. The van der Waals surface area contributed by atoms with Gasteiger partial charge in [-0.1, -0.05) is 20.8 Å². The molecule has 4 rings (SSSR count). The van der Waals surface area contributed by atoms with Crippen LogP contribution in [-0.4, -0.2) is 42.6 Å². The van der Waals surface area contributed by atoms with Crippen LogP contribution in [0.15, 0.2) is 12.3 Å². The largest absolute Gasteiger partial charge is 0.618 e. The van der Waals surface area contributed by atoms with Crippen molar-refractivity contribution in [1.29, 1.82) is 0 Å². The van der Waals surface area contributed by atoms with Crippen LogP contribution in [0.25, 0.3) is 0 Å². The molecule has 3 aliphatic rings. The molecule has 1 aromatic rings. The first-order valence-electron chi connectivity index (χ1n) is 12.5. The van der Waals surface area contributed by atoms with Crippen molar-refractivity contribution in [1.82, 2.24) is 10.2 Å². The Bertz CT molecular complexity index is 907. The van der Waals surface area contributed by atoms with Crippen LogP contribution in [0.4, 0.5) is 13.2 Å². The molecule has 1 aromatic heterocycles. The van der Waals surface area contributed by atoms with Gasteiger partial charge in [-0.2, -0.15) is 17.9 Å². The average molecular weight is 484 g/mol. The van der Waals surface area contributed by atoms with Crippen molar-refractivity contribution in [3.63, 3.8) is 0 Å². The lowest BCUT2D eigenvalue weighted by Crippen LogP contribution is -2.51. The van der Waals surface area contributed by atoms with Crippen LogP contribution in [-0.2, 0) is 28.7 Å². The van der Waals surface area contributed by atoms with Gasteiger partial charge in [-0.05, 0) is 50.0 Å². The highest BCUT2D eigenvalue weighted by Crippen LogP contribution is 2.47. The lowest BCUT2D eigenvalue weighted by atomic mass is 9.74. The zero-order chi connectivity index (χ0) is 24.7. The third kappa shape index (κ3) is 4.78. The van der Waals surface area contributed by atoms with E-state index in [2.05, 4.69) is 26.1 Å². The number of hydrogen-bond acceptors (Lipinski definition) is 4. The first-order chi connectivity index (χ1) is 16.0. The summed E-state index contributed by atoms with van der Waals surface area (Å²) in [6, 6.07) is 1.65. The fourth-order valence-electron chi connectivity index (χ4n) is 6.14. The summed E-state index contributed by atoms with van der Waals surface area (Å²) in [5, 5.41) is 16.0. The van der Waals surface area contributed by atoms with E-state index in [4.69, 9.17) is 4.74 Å². The molecule has 0 radical (unpaired) electrons. The first kappa shape index (κ1) is 25.2. The Balaban J connectivity index is 1.50. The third-order valence-corrected chi connectivity index (χ3v) is 8.35. The van der Waals surface area contributed by atoms with Gasteiger partial charge in [-0.3, -0.25) is 4.79 Å². The summed E-state index contributed by atoms with van der Waals surface area (Å²) in [5.74, 6) is 0.584. The SMILES string of the molecule is CC[C@H]1COCC[C@H]1N[C@@H]1CC[C@@](C(=O)N2CCc3c(cc(C(F)(F)F)c[n+]3[O-])C2)(C(C)C)C1. The minimum absolute atomic E-state index is 0.00586. The van der Waals surface area contributed by atoms with Crippen molar-refractivity contribution in [2.45, 2.75) is 84.1 Å². The molecular weight excluding hydrogens is 447 g/mol. The van der Waals surface area contributed by atoms with Gasteiger partial charge in [0.1, 0.15) is 5.56 Å². The molecule has 1 saturated carbocycles. The predicted molar refractivity (Wildman–Crippen MR) is 121 cm³/mol. The van der Waals surface area contributed by atoms with Crippen molar-refractivity contribution in [3.05, 3.63) is 34.3 Å². The Hall–Kier alpha value is -1.87. The zero-order valence-electron chi connectivity index (χ0n) is 20.3. The van der Waals surface area contributed by atoms with Crippen molar-refractivity contribution < 1.29 is 27.4 Å². The van der Waals surface area contributed by atoms with Gasteiger partial charge in [0.2, 0.25) is 5.91 Å². The Kier molecular flexibility index (Phi) is 7.16. The molecule has 0 bridgehead atoms. The molecule has 9 heteroatoms. The number of halogens is 3. The number of hydrogen-bond donors (Lipinski definition) is 1. The maximum Gasteiger partial charge on any atom is 0.422 e. The van der Waals surface area contributed by atoms with Gasteiger partial charge in [0, 0.05) is 30.8 Å². The summed E-state index contributed by atoms with van der Waals surface area (Å²) >= 11 is 0. The van der Waals surface area contributed by atoms with E-state index >= 15 is 0 Å². The fraction of sp³-hybridized carbons (Fsp3) is 0.760. The normalized spacial score (nSPS) is 30.0. The van der Waals surface area contributed by atoms with Gasteiger partial charge in [0.25, 0.3) is 0 Å². The molecule has 3 heterocycles. The molecule has 0 aromatic carbocycles. The van der Waals surface area contributed by atoms with Crippen molar-refractivity contribution >= 4 is 5.91 Å². The van der Waals surface area contributed by atoms with Crippen LogP contribution in [0.1, 0.15) is 69.7 Å². The van der Waals surface area contributed by atoms with Gasteiger partial charge in [-0.25, -0.2) is 0 Å². The number of carbonyl (C=O) groups is 1. The number of fused-ring (bicyclic) bond motifs is 1. The summed E-state index contributed by atoms with van der Waals surface area (Å²) in [7, 11) is 0. The zero-order valence-corrected chi connectivity index (χ0v) is 20.3. The second kappa shape index (κ2) is 9.64. The molecule has 34 heavy (non-hydrogen) atoms. The maximum absolute atomic E-state index is 13.9. The van der Waals surface area contributed by atoms with Crippen molar-refractivity contribution in [3.8, 4) is 0 Å². The molecule has 4 atom stereocenters. The molecule has 1 N–H and O–H groups in total. The predicted octanol–water partition coefficient (Wildman–Crippen LogP) is 3.82. The van der Waals surface area contributed by atoms with Crippen LogP contribution in [0.2, 0.25) is 0 Å². The van der Waals surface area contributed by atoms with Crippen molar-refractivity contribution in [2.75, 3.05) is 19.8 Å². The molecule has 190 valence electrons. The van der Waals surface area contributed by atoms with E-state index in [-0.39, 0.29) is 30.8 Å². The highest BCUT2D eigenvalue weighted by molar-refractivity contribution is 5.83. The van der Waals surface area contributed by atoms with Gasteiger partial charge >= 0.3 is 6.18 Å². The lowest BCUT2D eigenvalue weighted by molar-refractivity contribution is -0.616. The average Bonchev–Trinajstić information content (AvgIpc) is 3.23. The number of rotatable bonds is 5. The van der Waals surface area contributed by atoms with Gasteiger partial charge < -0.3 is 20.2 Å². The number of aromatic nitrogens is 1. The Labute approximate surface area is 199 Å². The van der Waals surface area contributed by atoms with E-state index in [0.717, 1.165) is 51.4 Å². The molecule has 2 aliphatic heterocycles. The van der Waals surface area contributed by atoms with Gasteiger partial charge in [-0.15, -0.1) is 0 Å². The minimum Gasteiger partial charge on any atom is -0.618 e. The van der Waals surface area contributed by atoms with E-state index in [1.165, 1.54) is 0 Å². The summed E-state index contributed by atoms with van der Waals surface area (Å²) < 4.78 is 45.7. The molecule has 2 fully saturated rings. The van der Waals surface area contributed by atoms with Crippen LogP contribution >= 0.6 is 0 Å². The molecule has 1 amide bonds. The number of nitrogens with zero attached hydrogens (tertiary/aromatic N) is 2. The van der Waals surface area contributed by atoms with E-state index in [1.54, 1.807) is 4.90 Å². The fourth-order valence-corrected chi connectivity index (χ4v) is 6.14. The van der Waals surface area contributed by atoms with Crippen molar-refractivity contribution in [2.24, 2.45) is 17.3 Å². The van der Waals surface area contributed by atoms with E-state index in [1.807, 2.05) is 0 Å². The first-order valence-corrected chi connectivity index (χ1v) is 12.5. The third-order valence-electron chi connectivity index (χ3n) is 8.35. The number of ether oxygens (including phenoxy) is 1.